The van der Waals surface area contributed by atoms with E-state index >= 15 is 0 Å². The van der Waals surface area contributed by atoms with Crippen LogP contribution in [0, 0.1) is 0 Å². The first-order valence-electron chi connectivity index (χ1n) is 9.07. The van der Waals surface area contributed by atoms with Crippen LogP contribution in [0.5, 0.6) is 11.5 Å². The Morgan fingerprint density at radius 2 is 1.92 bits per heavy atom. The molecule has 25 heavy (non-hydrogen) atoms. The van der Waals surface area contributed by atoms with E-state index in [2.05, 4.69) is 11.9 Å². The second-order valence-electron chi connectivity index (χ2n) is 6.92. The predicted molar refractivity (Wildman–Crippen MR) is 92.7 cm³/mol. The summed E-state index contributed by atoms with van der Waals surface area (Å²) in [6.45, 7) is 1.90. The molecule has 0 bridgehead atoms. The summed E-state index contributed by atoms with van der Waals surface area (Å²) in [5, 5.41) is 10.2. The third-order valence-electron chi connectivity index (χ3n) is 4.88. The van der Waals surface area contributed by atoms with Gasteiger partial charge in [-0.2, -0.15) is 0 Å². The van der Waals surface area contributed by atoms with Gasteiger partial charge in [-0.05, 0) is 32.0 Å². The number of benzene rings is 1. The van der Waals surface area contributed by atoms with E-state index in [4.69, 9.17) is 14.2 Å². The number of rotatable bonds is 7. The Hall–Kier alpha value is -1.01. The van der Waals surface area contributed by atoms with Gasteiger partial charge in [-0.3, -0.25) is 0 Å². The van der Waals surface area contributed by atoms with Gasteiger partial charge in [0.15, 0.2) is 17.6 Å². The zero-order valence-electron chi connectivity index (χ0n) is 14.9. The molecule has 2 atom stereocenters. The van der Waals surface area contributed by atoms with Crippen LogP contribution >= 0.6 is 0 Å². The number of ether oxygens (including phenoxy) is 3. The zero-order chi connectivity index (χ0) is 16.8. The summed E-state index contributed by atoms with van der Waals surface area (Å²) in [7, 11) is 2.11. The van der Waals surface area contributed by atoms with Gasteiger partial charge < -0.3 is 36.6 Å². The van der Waals surface area contributed by atoms with Crippen LogP contribution in [0.1, 0.15) is 32.1 Å². The minimum absolute atomic E-state index is 0. The molecule has 142 valence electrons. The predicted octanol–water partition coefficient (Wildman–Crippen LogP) is -0.528. The number of hydrogen-bond donors (Lipinski definition) is 1. The topological polar surface area (TPSA) is 51.2 Å². The molecule has 0 saturated heterocycles. The molecule has 2 unspecified atom stereocenters. The van der Waals surface area contributed by atoms with Crippen molar-refractivity contribution in [3.8, 4) is 11.5 Å². The third-order valence-corrected chi connectivity index (χ3v) is 4.88. The second kappa shape index (κ2) is 10.2. The number of nitrogens with zero attached hydrogens (tertiary/aromatic N) is 1. The van der Waals surface area contributed by atoms with Crippen LogP contribution in [0.3, 0.4) is 0 Å². The highest BCUT2D eigenvalue weighted by atomic mass is 35.5. The monoisotopic (exact) mass is 370 g/mol. The average molecular weight is 371 g/mol. The Balaban J connectivity index is 0.00000225. The second-order valence-corrected chi connectivity index (χ2v) is 6.92. The number of aliphatic hydroxyl groups excluding tert-OH is 1. The summed E-state index contributed by atoms with van der Waals surface area (Å²) in [5.74, 6) is 1.54. The lowest BCUT2D eigenvalue weighted by atomic mass is 9.94. The smallest absolute Gasteiger partial charge is 0.161 e. The van der Waals surface area contributed by atoms with Gasteiger partial charge in [-0.15, -0.1) is 0 Å². The van der Waals surface area contributed by atoms with Gasteiger partial charge in [0.1, 0.15) is 6.61 Å². The van der Waals surface area contributed by atoms with Gasteiger partial charge >= 0.3 is 0 Å². The maximum Gasteiger partial charge on any atom is 0.161 e. The van der Waals surface area contributed by atoms with E-state index in [1.165, 1.54) is 32.1 Å². The van der Waals surface area contributed by atoms with Gasteiger partial charge in [0.25, 0.3) is 0 Å². The van der Waals surface area contributed by atoms with Crippen LogP contribution in [0.25, 0.3) is 0 Å². The third kappa shape index (κ3) is 6.03. The fraction of sp³-hybridized carbons (Fsp3) is 0.684. The highest BCUT2D eigenvalue weighted by Crippen LogP contribution is 2.30. The lowest BCUT2D eigenvalue weighted by Crippen LogP contribution is -3.00. The Labute approximate surface area is 156 Å². The van der Waals surface area contributed by atoms with E-state index in [1.807, 2.05) is 24.3 Å². The molecule has 1 N–H and O–H groups in total. The fourth-order valence-electron chi connectivity index (χ4n) is 3.54. The van der Waals surface area contributed by atoms with Crippen molar-refractivity contribution < 1.29 is 31.7 Å². The summed E-state index contributed by atoms with van der Waals surface area (Å²) in [4.78, 5) is 2.28. The highest BCUT2D eigenvalue weighted by Gasteiger charge is 2.22. The van der Waals surface area contributed by atoms with E-state index in [1.54, 1.807) is 0 Å². The van der Waals surface area contributed by atoms with Crippen LogP contribution in [-0.2, 0) is 4.74 Å². The van der Waals surface area contributed by atoms with Gasteiger partial charge in [0.05, 0.1) is 19.3 Å². The van der Waals surface area contributed by atoms with Gasteiger partial charge in [-0.1, -0.05) is 31.4 Å². The number of fused-ring (bicyclic) bond motifs is 1. The molecular formula is C19H29ClNO4-. The number of halogens is 1. The molecule has 1 aliphatic heterocycles. The Kier molecular flexibility index (Phi) is 8.30. The van der Waals surface area contributed by atoms with Crippen LogP contribution in [0.4, 0.5) is 0 Å². The largest absolute Gasteiger partial charge is 1.00 e. The summed E-state index contributed by atoms with van der Waals surface area (Å²) in [5.41, 5.74) is 0. The molecule has 3 rings (SSSR count). The van der Waals surface area contributed by atoms with Gasteiger partial charge in [0, 0.05) is 12.6 Å². The highest BCUT2D eigenvalue weighted by molar-refractivity contribution is 5.40. The molecule has 0 aromatic heterocycles. The molecule has 1 aromatic rings. The van der Waals surface area contributed by atoms with Crippen molar-refractivity contribution in [1.82, 2.24) is 4.90 Å². The first-order valence-corrected chi connectivity index (χ1v) is 9.07. The van der Waals surface area contributed by atoms with Crippen LogP contribution in [0.15, 0.2) is 24.3 Å². The Morgan fingerprint density at radius 3 is 2.68 bits per heavy atom. The molecular weight excluding hydrogens is 342 g/mol. The van der Waals surface area contributed by atoms with E-state index < -0.39 is 6.10 Å². The van der Waals surface area contributed by atoms with Crippen molar-refractivity contribution in [3.63, 3.8) is 0 Å². The van der Waals surface area contributed by atoms with Crippen LogP contribution < -0.4 is 21.9 Å². The lowest BCUT2D eigenvalue weighted by molar-refractivity contribution is -0.0308. The molecule has 2 aliphatic rings. The Morgan fingerprint density at radius 1 is 1.20 bits per heavy atom. The molecule has 6 heteroatoms. The fourth-order valence-corrected chi connectivity index (χ4v) is 3.54. The molecule has 1 heterocycles. The molecule has 0 spiro atoms. The molecule has 0 amide bonds. The molecule has 1 fully saturated rings. The summed E-state index contributed by atoms with van der Waals surface area (Å²) >= 11 is 0. The Bertz CT molecular complexity index is 510. The standard InChI is InChI=1S/C19H29NO4.ClH/c1-20(15-7-3-2-4-8-15)11-16(21)12-22-13-17-14-23-18-9-5-6-10-19(18)24-17;/h5-6,9-10,15-17,21H,2-4,7-8,11-14H2,1H3;1H/p-1. The molecule has 1 aliphatic carbocycles. The van der Waals surface area contributed by atoms with Crippen LogP contribution in [0.2, 0.25) is 0 Å². The maximum atomic E-state index is 10.2. The number of para-hydroxylation sites is 2. The summed E-state index contributed by atoms with van der Waals surface area (Å²) in [6.07, 6.45) is 5.87. The normalized spacial score (nSPS) is 21.6. The van der Waals surface area contributed by atoms with E-state index in [0.29, 0.717) is 32.4 Å². The molecule has 1 aromatic carbocycles. The van der Waals surface area contributed by atoms with Crippen molar-refractivity contribution in [2.45, 2.75) is 50.4 Å². The number of aliphatic hydroxyl groups is 1. The van der Waals surface area contributed by atoms with Crippen LogP contribution in [-0.4, -0.2) is 61.7 Å². The quantitative estimate of drug-likeness (QED) is 0.699. The number of hydrogen-bond acceptors (Lipinski definition) is 5. The summed E-state index contributed by atoms with van der Waals surface area (Å²) < 4.78 is 17.2. The average Bonchev–Trinajstić information content (AvgIpc) is 2.62. The van der Waals surface area contributed by atoms with E-state index in [-0.39, 0.29) is 18.5 Å². The van der Waals surface area contributed by atoms with Crippen molar-refractivity contribution in [2.75, 3.05) is 33.4 Å². The minimum atomic E-state index is -0.464. The molecule has 1 saturated carbocycles. The SMILES string of the molecule is CN(CC(O)COCC1COc2ccccc2O1)C1CCCCC1.[Cl-]. The maximum absolute atomic E-state index is 10.2. The van der Waals surface area contributed by atoms with Crippen molar-refractivity contribution in [3.05, 3.63) is 24.3 Å². The molecule has 0 radical (unpaired) electrons. The lowest BCUT2D eigenvalue weighted by Gasteiger charge is -2.32. The first-order chi connectivity index (χ1) is 11.7. The van der Waals surface area contributed by atoms with E-state index in [9.17, 15) is 5.11 Å². The van der Waals surface area contributed by atoms with E-state index in [0.717, 1.165) is 11.5 Å². The number of likely N-dealkylation sites (N-methyl/N-ethyl adjacent to an activating group) is 1. The zero-order valence-corrected chi connectivity index (χ0v) is 15.7. The van der Waals surface area contributed by atoms with Gasteiger partial charge in [0.2, 0.25) is 0 Å². The van der Waals surface area contributed by atoms with Crippen molar-refractivity contribution in [2.24, 2.45) is 0 Å². The van der Waals surface area contributed by atoms with Gasteiger partial charge in [-0.25, -0.2) is 0 Å². The van der Waals surface area contributed by atoms with Crippen molar-refractivity contribution >= 4 is 0 Å². The first kappa shape index (κ1) is 20.3. The summed E-state index contributed by atoms with van der Waals surface area (Å²) in [6, 6.07) is 8.27. The van der Waals surface area contributed by atoms with Crippen molar-refractivity contribution in [1.29, 1.82) is 0 Å². The molecule has 5 nitrogen and oxygen atoms in total. The minimum Gasteiger partial charge on any atom is -1.00 e.